The first-order valence-electron chi connectivity index (χ1n) is 9.06. The largest absolute Gasteiger partial charge is 0.331 e. The number of aromatic nitrogens is 2. The number of rotatable bonds is 4. The van der Waals surface area contributed by atoms with Crippen LogP contribution in [0.2, 0.25) is 0 Å². The molecule has 0 saturated carbocycles. The van der Waals surface area contributed by atoms with Crippen molar-refractivity contribution in [2.24, 2.45) is 0 Å². The Labute approximate surface area is 153 Å². The van der Waals surface area contributed by atoms with Crippen LogP contribution in [0.25, 0.3) is 0 Å². The Hall–Kier alpha value is -2.47. The lowest BCUT2D eigenvalue weighted by molar-refractivity contribution is 0.0609. The molecule has 0 spiro atoms. The smallest absolute Gasteiger partial charge is 0.263 e. The molecule has 1 saturated heterocycles. The summed E-state index contributed by atoms with van der Waals surface area (Å²) in [6.07, 6.45) is 4.34. The van der Waals surface area contributed by atoms with Gasteiger partial charge in [0.05, 0.1) is 6.04 Å². The highest BCUT2D eigenvalue weighted by Gasteiger charge is 2.30. The van der Waals surface area contributed by atoms with Crippen molar-refractivity contribution in [3.63, 3.8) is 0 Å². The van der Waals surface area contributed by atoms with Gasteiger partial charge in [0.2, 0.25) is 0 Å². The first-order valence-corrected chi connectivity index (χ1v) is 9.06. The molecule has 1 aliphatic rings. The summed E-state index contributed by atoms with van der Waals surface area (Å²) < 4.78 is 0. The number of carbonyl (C=O) groups excluding carboxylic acids is 1. The Morgan fingerprint density at radius 3 is 2.65 bits per heavy atom. The maximum Gasteiger partial charge on any atom is 0.263 e. The van der Waals surface area contributed by atoms with Gasteiger partial charge >= 0.3 is 0 Å². The van der Waals surface area contributed by atoms with E-state index in [2.05, 4.69) is 39.1 Å². The SMILES string of the molecule is Cc1ncc(C(=O)N2CCCC[C@@H]2c2ccc(CN(C)C)cc2)c(=O)[nH]1. The monoisotopic (exact) mass is 354 g/mol. The van der Waals surface area contributed by atoms with E-state index in [1.165, 1.54) is 11.8 Å². The van der Waals surface area contributed by atoms with Crippen LogP contribution in [0.1, 0.15) is 52.6 Å². The lowest BCUT2D eigenvalue weighted by atomic mass is 9.94. The third kappa shape index (κ3) is 4.02. The fourth-order valence-corrected chi connectivity index (χ4v) is 3.52. The van der Waals surface area contributed by atoms with Gasteiger partial charge in [0.25, 0.3) is 11.5 Å². The van der Waals surface area contributed by atoms with Gasteiger partial charge in [-0.3, -0.25) is 9.59 Å². The van der Waals surface area contributed by atoms with Crippen LogP contribution >= 0.6 is 0 Å². The predicted octanol–water partition coefficient (Wildman–Crippen LogP) is 2.51. The molecule has 1 amide bonds. The third-order valence-corrected chi connectivity index (χ3v) is 4.78. The Bertz CT molecular complexity index is 826. The number of aromatic amines is 1. The van der Waals surface area contributed by atoms with Gasteiger partial charge in [0.15, 0.2) is 0 Å². The van der Waals surface area contributed by atoms with Crippen molar-refractivity contribution in [1.82, 2.24) is 19.8 Å². The molecule has 2 aromatic rings. The lowest BCUT2D eigenvalue weighted by Gasteiger charge is -2.36. The van der Waals surface area contributed by atoms with Crippen molar-refractivity contribution in [3.05, 3.63) is 63.3 Å². The molecule has 6 nitrogen and oxygen atoms in total. The number of benzene rings is 1. The Kier molecular flexibility index (Phi) is 5.52. The number of aryl methyl sites for hydroxylation is 1. The van der Waals surface area contributed by atoms with Crippen LogP contribution < -0.4 is 5.56 Å². The van der Waals surface area contributed by atoms with Crippen molar-refractivity contribution in [2.75, 3.05) is 20.6 Å². The summed E-state index contributed by atoms with van der Waals surface area (Å²) >= 11 is 0. The molecular weight excluding hydrogens is 328 g/mol. The normalized spacial score (nSPS) is 17.5. The number of hydrogen-bond donors (Lipinski definition) is 1. The van der Waals surface area contributed by atoms with Gasteiger partial charge in [-0.1, -0.05) is 24.3 Å². The molecule has 0 aliphatic carbocycles. The van der Waals surface area contributed by atoms with E-state index >= 15 is 0 Å². The first kappa shape index (κ1) is 18.3. The Balaban J connectivity index is 1.85. The number of amides is 1. The standard InChI is InChI=1S/C20H26N4O2/c1-14-21-12-17(19(25)22-14)20(26)24-11-5-4-6-18(24)16-9-7-15(8-10-16)13-23(2)3/h7-10,12,18H,4-6,11,13H2,1-3H3,(H,21,22,25)/t18-/m1/s1. The zero-order chi connectivity index (χ0) is 18.7. The van der Waals surface area contributed by atoms with Gasteiger partial charge in [0, 0.05) is 19.3 Å². The van der Waals surface area contributed by atoms with E-state index < -0.39 is 0 Å². The van der Waals surface area contributed by atoms with E-state index in [0.29, 0.717) is 12.4 Å². The zero-order valence-corrected chi connectivity index (χ0v) is 15.7. The molecule has 1 fully saturated rings. The molecule has 138 valence electrons. The number of hydrogen-bond acceptors (Lipinski definition) is 4. The molecule has 0 unspecified atom stereocenters. The zero-order valence-electron chi connectivity index (χ0n) is 15.7. The van der Waals surface area contributed by atoms with Crippen LogP contribution in [-0.4, -0.2) is 46.3 Å². The molecule has 26 heavy (non-hydrogen) atoms. The second-order valence-electron chi connectivity index (χ2n) is 7.20. The molecule has 6 heteroatoms. The Morgan fingerprint density at radius 2 is 2.00 bits per heavy atom. The fourth-order valence-electron chi connectivity index (χ4n) is 3.52. The average Bonchev–Trinajstić information content (AvgIpc) is 2.61. The van der Waals surface area contributed by atoms with Gasteiger partial charge in [-0.15, -0.1) is 0 Å². The van der Waals surface area contributed by atoms with Crippen LogP contribution in [-0.2, 0) is 6.54 Å². The molecular formula is C20H26N4O2. The van der Waals surface area contributed by atoms with Crippen molar-refractivity contribution in [2.45, 2.75) is 38.8 Å². The highest BCUT2D eigenvalue weighted by molar-refractivity contribution is 5.93. The molecule has 1 atom stereocenters. The fraction of sp³-hybridized carbons (Fsp3) is 0.450. The summed E-state index contributed by atoms with van der Waals surface area (Å²) in [5.74, 6) is 0.277. The highest BCUT2D eigenvalue weighted by Crippen LogP contribution is 2.32. The molecule has 1 aromatic carbocycles. The van der Waals surface area contributed by atoms with Gasteiger partial charge in [-0.05, 0) is 51.4 Å². The molecule has 1 aromatic heterocycles. The van der Waals surface area contributed by atoms with Crippen molar-refractivity contribution in [3.8, 4) is 0 Å². The molecule has 0 radical (unpaired) electrons. The summed E-state index contributed by atoms with van der Waals surface area (Å²) in [4.78, 5) is 35.8. The van der Waals surface area contributed by atoms with Gasteiger partial charge in [0.1, 0.15) is 11.4 Å². The number of nitrogens with one attached hydrogen (secondary N) is 1. The minimum atomic E-state index is -0.367. The van der Waals surface area contributed by atoms with E-state index in [4.69, 9.17) is 0 Å². The molecule has 0 bridgehead atoms. The maximum atomic E-state index is 13.0. The third-order valence-electron chi connectivity index (χ3n) is 4.78. The van der Waals surface area contributed by atoms with Crippen LogP contribution in [0.3, 0.4) is 0 Å². The number of nitrogens with zero attached hydrogens (tertiary/aromatic N) is 3. The van der Waals surface area contributed by atoms with Crippen LogP contribution in [0, 0.1) is 6.92 Å². The average molecular weight is 354 g/mol. The minimum absolute atomic E-state index is 0.00496. The minimum Gasteiger partial charge on any atom is -0.331 e. The van der Waals surface area contributed by atoms with E-state index in [9.17, 15) is 9.59 Å². The van der Waals surface area contributed by atoms with Crippen molar-refractivity contribution < 1.29 is 4.79 Å². The van der Waals surface area contributed by atoms with Crippen molar-refractivity contribution in [1.29, 1.82) is 0 Å². The van der Waals surface area contributed by atoms with Crippen molar-refractivity contribution >= 4 is 5.91 Å². The molecule has 2 heterocycles. The van der Waals surface area contributed by atoms with E-state index in [0.717, 1.165) is 31.4 Å². The van der Waals surface area contributed by atoms with Gasteiger partial charge in [-0.25, -0.2) is 4.98 Å². The second-order valence-corrected chi connectivity index (χ2v) is 7.20. The topological polar surface area (TPSA) is 69.3 Å². The number of piperidine rings is 1. The second kappa shape index (κ2) is 7.83. The van der Waals surface area contributed by atoms with E-state index in [-0.39, 0.29) is 23.1 Å². The quantitative estimate of drug-likeness (QED) is 0.916. The molecule has 3 rings (SSSR count). The molecule has 1 aliphatic heterocycles. The summed E-state index contributed by atoms with van der Waals surface area (Å²) in [6.45, 7) is 3.25. The summed E-state index contributed by atoms with van der Waals surface area (Å²) in [5, 5.41) is 0. The first-order chi connectivity index (χ1) is 12.5. The van der Waals surface area contributed by atoms with Gasteiger partial charge < -0.3 is 14.8 Å². The number of H-pyrrole nitrogens is 1. The summed E-state index contributed by atoms with van der Waals surface area (Å²) in [6, 6.07) is 8.45. The van der Waals surface area contributed by atoms with Crippen LogP contribution in [0.15, 0.2) is 35.3 Å². The highest BCUT2D eigenvalue weighted by atomic mass is 16.2. The van der Waals surface area contributed by atoms with Gasteiger partial charge in [-0.2, -0.15) is 0 Å². The number of carbonyl (C=O) groups is 1. The predicted molar refractivity (Wildman–Crippen MR) is 101 cm³/mol. The van der Waals surface area contributed by atoms with E-state index in [1.54, 1.807) is 6.92 Å². The lowest BCUT2D eigenvalue weighted by Crippen LogP contribution is -2.40. The maximum absolute atomic E-state index is 13.0. The van der Waals surface area contributed by atoms with Crippen LogP contribution in [0.5, 0.6) is 0 Å². The number of likely N-dealkylation sites (tertiary alicyclic amines) is 1. The summed E-state index contributed by atoms with van der Waals surface area (Å²) in [7, 11) is 4.09. The Morgan fingerprint density at radius 1 is 1.27 bits per heavy atom. The summed E-state index contributed by atoms with van der Waals surface area (Å²) in [5.41, 5.74) is 2.11. The van der Waals surface area contributed by atoms with Crippen LogP contribution in [0.4, 0.5) is 0 Å². The molecule has 1 N–H and O–H groups in total. The van der Waals surface area contributed by atoms with E-state index in [1.807, 2.05) is 19.0 Å².